The van der Waals surface area contributed by atoms with E-state index in [1.807, 2.05) is 62.4 Å². The predicted molar refractivity (Wildman–Crippen MR) is 129 cm³/mol. The second-order valence-corrected chi connectivity index (χ2v) is 7.91. The molecule has 34 heavy (non-hydrogen) atoms. The van der Waals surface area contributed by atoms with E-state index in [4.69, 9.17) is 4.52 Å². The number of hydrogen-bond donors (Lipinski definition) is 2. The van der Waals surface area contributed by atoms with Gasteiger partial charge in [-0.3, -0.25) is 4.79 Å². The topological polar surface area (TPSA) is 111 Å². The number of nitrogens with one attached hydrogen (secondary N) is 2. The maximum absolute atomic E-state index is 12.7. The summed E-state index contributed by atoms with van der Waals surface area (Å²) < 4.78 is 7.27. The molecule has 0 aliphatic carbocycles. The highest BCUT2D eigenvalue weighted by atomic mass is 16.5. The maximum Gasteiger partial charge on any atom is 0.251 e. The van der Waals surface area contributed by atoms with Crippen LogP contribution in [0.5, 0.6) is 0 Å². The maximum atomic E-state index is 12.7. The lowest BCUT2D eigenvalue weighted by atomic mass is 10.1. The number of aryl methyl sites for hydroxylation is 2. The van der Waals surface area contributed by atoms with E-state index in [0.717, 1.165) is 22.3 Å². The van der Waals surface area contributed by atoms with E-state index in [9.17, 15) is 4.79 Å². The molecule has 0 aliphatic rings. The van der Waals surface area contributed by atoms with Gasteiger partial charge in [-0.1, -0.05) is 35.5 Å². The molecule has 3 aromatic heterocycles. The fourth-order valence-corrected chi connectivity index (χ4v) is 3.74. The smallest absolute Gasteiger partial charge is 0.251 e. The lowest BCUT2D eigenvalue weighted by Crippen LogP contribution is -2.28. The average Bonchev–Trinajstić information content (AvgIpc) is 3.44. The molecule has 2 aromatic carbocycles. The van der Waals surface area contributed by atoms with Gasteiger partial charge in [-0.15, -0.1) is 10.2 Å². The molecule has 0 radical (unpaired) electrons. The van der Waals surface area contributed by atoms with Crippen LogP contribution in [0.25, 0.3) is 28.0 Å². The second-order valence-electron chi connectivity index (χ2n) is 7.91. The summed E-state index contributed by atoms with van der Waals surface area (Å²) in [5.74, 6) is 1.76. The number of hydrogen-bond acceptors (Lipinski definition) is 7. The number of anilines is 1. The Labute approximate surface area is 195 Å². The van der Waals surface area contributed by atoms with E-state index in [1.54, 1.807) is 22.9 Å². The SMILES string of the molecule is Cc1cc(C)n(-c2ccc(NCCNC(=O)c3ccc4noc(-c5ccccc5)c4c3)nn2)n1. The molecule has 9 heteroatoms. The predicted octanol–water partition coefficient (Wildman–Crippen LogP) is 3.93. The van der Waals surface area contributed by atoms with Crippen molar-refractivity contribution in [3.05, 3.63) is 83.7 Å². The Kier molecular flexibility index (Phi) is 5.73. The first-order valence-electron chi connectivity index (χ1n) is 10.9. The normalized spacial score (nSPS) is 11.0. The van der Waals surface area contributed by atoms with E-state index in [0.29, 0.717) is 41.6 Å². The van der Waals surface area contributed by atoms with Gasteiger partial charge in [0.15, 0.2) is 11.6 Å². The van der Waals surface area contributed by atoms with Crippen LogP contribution in [0.15, 0.2) is 71.3 Å². The Bertz CT molecular complexity index is 1440. The molecule has 2 N–H and O–H groups in total. The Morgan fingerprint density at radius 1 is 0.971 bits per heavy atom. The third-order valence-corrected chi connectivity index (χ3v) is 5.37. The number of aromatic nitrogens is 5. The minimum absolute atomic E-state index is 0.171. The molecular weight excluding hydrogens is 430 g/mol. The van der Waals surface area contributed by atoms with Gasteiger partial charge in [-0.05, 0) is 50.2 Å². The van der Waals surface area contributed by atoms with Crippen LogP contribution in [0.1, 0.15) is 21.7 Å². The molecule has 9 nitrogen and oxygen atoms in total. The number of carbonyl (C=O) groups is 1. The highest BCUT2D eigenvalue weighted by Gasteiger charge is 2.14. The molecule has 0 bridgehead atoms. The molecule has 0 fully saturated rings. The van der Waals surface area contributed by atoms with Crippen LogP contribution in [-0.2, 0) is 0 Å². The molecule has 3 heterocycles. The third-order valence-electron chi connectivity index (χ3n) is 5.37. The monoisotopic (exact) mass is 453 g/mol. The lowest BCUT2D eigenvalue weighted by Gasteiger charge is -2.08. The van der Waals surface area contributed by atoms with Gasteiger partial charge in [0.1, 0.15) is 11.3 Å². The molecule has 0 atom stereocenters. The Morgan fingerprint density at radius 3 is 2.56 bits per heavy atom. The van der Waals surface area contributed by atoms with Crippen LogP contribution in [0.3, 0.4) is 0 Å². The zero-order valence-electron chi connectivity index (χ0n) is 18.8. The van der Waals surface area contributed by atoms with Gasteiger partial charge in [0.2, 0.25) is 0 Å². The van der Waals surface area contributed by atoms with Crippen molar-refractivity contribution in [2.24, 2.45) is 0 Å². The largest absolute Gasteiger partial charge is 0.367 e. The molecule has 0 aliphatic heterocycles. The van der Waals surface area contributed by atoms with Gasteiger partial charge in [0.25, 0.3) is 5.91 Å². The summed E-state index contributed by atoms with van der Waals surface area (Å²) in [6, 6.07) is 20.7. The molecule has 0 spiro atoms. The van der Waals surface area contributed by atoms with Crippen molar-refractivity contribution < 1.29 is 9.32 Å². The van der Waals surface area contributed by atoms with Crippen LogP contribution in [0, 0.1) is 13.8 Å². The summed E-state index contributed by atoms with van der Waals surface area (Å²) in [6.45, 7) is 4.84. The van der Waals surface area contributed by atoms with Crippen molar-refractivity contribution in [1.82, 2.24) is 30.5 Å². The number of carbonyl (C=O) groups excluding carboxylic acids is 1. The number of fused-ring (bicyclic) bond motifs is 1. The van der Waals surface area contributed by atoms with Crippen LogP contribution in [0.2, 0.25) is 0 Å². The van der Waals surface area contributed by atoms with Crippen molar-refractivity contribution in [1.29, 1.82) is 0 Å². The average molecular weight is 454 g/mol. The fourth-order valence-electron chi connectivity index (χ4n) is 3.74. The number of benzene rings is 2. The van der Waals surface area contributed by atoms with Crippen LogP contribution >= 0.6 is 0 Å². The van der Waals surface area contributed by atoms with Gasteiger partial charge in [0.05, 0.1) is 11.1 Å². The fraction of sp³-hybridized carbons (Fsp3) is 0.160. The van der Waals surface area contributed by atoms with E-state index in [-0.39, 0.29) is 5.91 Å². The van der Waals surface area contributed by atoms with E-state index in [1.165, 1.54) is 0 Å². The van der Waals surface area contributed by atoms with Crippen molar-refractivity contribution >= 4 is 22.6 Å². The van der Waals surface area contributed by atoms with Crippen molar-refractivity contribution in [2.75, 3.05) is 18.4 Å². The van der Waals surface area contributed by atoms with Crippen LogP contribution in [0.4, 0.5) is 5.82 Å². The number of amides is 1. The van der Waals surface area contributed by atoms with E-state index < -0.39 is 0 Å². The summed E-state index contributed by atoms with van der Waals surface area (Å²) in [7, 11) is 0. The van der Waals surface area contributed by atoms with E-state index >= 15 is 0 Å². The number of rotatable bonds is 7. The summed E-state index contributed by atoms with van der Waals surface area (Å²) in [4.78, 5) is 12.7. The molecule has 5 aromatic rings. The van der Waals surface area contributed by atoms with Gasteiger partial charge in [-0.25, -0.2) is 4.68 Å². The highest BCUT2D eigenvalue weighted by Crippen LogP contribution is 2.29. The zero-order chi connectivity index (χ0) is 23.5. The van der Waals surface area contributed by atoms with Gasteiger partial charge in [-0.2, -0.15) is 5.10 Å². The molecule has 0 saturated heterocycles. The van der Waals surface area contributed by atoms with Crippen molar-refractivity contribution in [2.45, 2.75) is 13.8 Å². The minimum Gasteiger partial charge on any atom is -0.367 e. The molecule has 5 rings (SSSR count). The Morgan fingerprint density at radius 2 is 1.82 bits per heavy atom. The molecular formula is C25H23N7O2. The Balaban J connectivity index is 1.18. The first kappa shape index (κ1) is 21.3. The quantitative estimate of drug-likeness (QED) is 0.359. The minimum atomic E-state index is -0.171. The summed E-state index contributed by atoms with van der Waals surface area (Å²) in [6.07, 6.45) is 0. The summed E-state index contributed by atoms with van der Waals surface area (Å²) >= 11 is 0. The summed E-state index contributed by atoms with van der Waals surface area (Å²) in [5.41, 5.74) is 4.09. The molecule has 1 amide bonds. The lowest BCUT2D eigenvalue weighted by molar-refractivity contribution is 0.0955. The second kappa shape index (κ2) is 9.14. The number of nitrogens with zero attached hydrogens (tertiary/aromatic N) is 5. The first-order chi connectivity index (χ1) is 16.6. The van der Waals surface area contributed by atoms with Gasteiger partial charge in [0, 0.05) is 29.9 Å². The summed E-state index contributed by atoms with van der Waals surface area (Å²) in [5, 5.41) is 23.8. The third kappa shape index (κ3) is 4.36. The van der Waals surface area contributed by atoms with Gasteiger partial charge >= 0.3 is 0 Å². The molecule has 170 valence electrons. The van der Waals surface area contributed by atoms with Gasteiger partial charge < -0.3 is 15.2 Å². The standard InChI is InChI=1S/C25H23N7O2/c1-16-14-17(2)32(30-16)23-11-10-22(28-29-23)26-12-13-27-25(33)19-8-9-21-20(15-19)24(34-31-21)18-6-4-3-5-7-18/h3-11,14-15H,12-13H2,1-2H3,(H,26,28)(H,27,33). The van der Waals surface area contributed by atoms with E-state index in [2.05, 4.69) is 31.1 Å². The van der Waals surface area contributed by atoms with Crippen LogP contribution < -0.4 is 10.6 Å². The molecule has 0 unspecified atom stereocenters. The highest BCUT2D eigenvalue weighted by molar-refractivity contribution is 6.00. The molecule has 0 saturated carbocycles. The van der Waals surface area contributed by atoms with Crippen molar-refractivity contribution in [3.63, 3.8) is 0 Å². The first-order valence-corrected chi connectivity index (χ1v) is 10.9. The zero-order valence-corrected chi connectivity index (χ0v) is 18.8. The van der Waals surface area contributed by atoms with Crippen LogP contribution in [-0.4, -0.2) is 44.1 Å². The Hall–Kier alpha value is -4.53. The van der Waals surface area contributed by atoms with Crippen molar-refractivity contribution in [3.8, 4) is 17.1 Å².